The maximum Gasteiger partial charge on any atom is 0.247 e. The van der Waals surface area contributed by atoms with Crippen LogP contribution in [0.5, 0.6) is 0 Å². The third-order valence-corrected chi connectivity index (χ3v) is 4.24. The minimum atomic E-state index is -3.67. The van der Waals surface area contributed by atoms with Crippen molar-refractivity contribution in [3.8, 4) is 0 Å². The number of benzene rings is 1. The van der Waals surface area contributed by atoms with Crippen LogP contribution in [-0.4, -0.2) is 13.4 Å². The van der Waals surface area contributed by atoms with E-state index in [1.807, 2.05) is 0 Å². The highest BCUT2D eigenvalue weighted by molar-refractivity contribution is 7.89. The van der Waals surface area contributed by atoms with Gasteiger partial charge in [0.05, 0.1) is 4.90 Å². The van der Waals surface area contributed by atoms with E-state index in [0.717, 1.165) is 12.3 Å². The maximum atomic E-state index is 12.0. The van der Waals surface area contributed by atoms with Crippen molar-refractivity contribution in [3.05, 3.63) is 63.5 Å². The topological polar surface area (TPSA) is 79.0 Å². The Labute approximate surface area is 115 Å². The van der Waals surface area contributed by atoms with E-state index >= 15 is 0 Å². The van der Waals surface area contributed by atoms with E-state index in [4.69, 9.17) is 11.6 Å². The quantitative estimate of drug-likeness (QED) is 0.898. The van der Waals surface area contributed by atoms with Crippen LogP contribution < -0.4 is 10.3 Å². The molecule has 0 saturated heterocycles. The Morgan fingerprint density at radius 2 is 1.89 bits per heavy atom. The average Bonchev–Trinajstić information content (AvgIpc) is 2.38. The predicted octanol–water partition coefficient (Wildman–Crippen LogP) is 1.51. The summed E-state index contributed by atoms with van der Waals surface area (Å²) in [5, 5.41) is 0.492. The van der Waals surface area contributed by atoms with E-state index in [9.17, 15) is 13.2 Å². The van der Waals surface area contributed by atoms with Crippen LogP contribution in [0.3, 0.4) is 0 Å². The van der Waals surface area contributed by atoms with Gasteiger partial charge in [0.15, 0.2) is 0 Å². The lowest BCUT2D eigenvalue weighted by Gasteiger charge is -2.07. The van der Waals surface area contributed by atoms with Crippen LogP contribution in [0, 0.1) is 0 Å². The normalized spacial score (nSPS) is 11.4. The number of aromatic amines is 1. The Morgan fingerprint density at radius 3 is 2.53 bits per heavy atom. The largest absolute Gasteiger partial charge is 0.328 e. The lowest BCUT2D eigenvalue weighted by molar-refractivity contribution is 0.581. The summed E-state index contributed by atoms with van der Waals surface area (Å²) in [5.74, 6) is 0. The minimum absolute atomic E-state index is 0.000784. The predicted molar refractivity (Wildman–Crippen MR) is 72.5 cm³/mol. The minimum Gasteiger partial charge on any atom is -0.328 e. The Bertz CT molecular complexity index is 720. The van der Waals surface area contributed by atoms with Crippen molar-refractivity contribution in [1.82, 2.24) is 9.71 Å². The summed E-state index contributed by atoms with van der Waals surface area (Å²) >= 11 is 5.94. The molecular weight excluding hydrogens is 288 g/mol. The van der Waals surface area contributed by atoms with Gasteiger partial charge in [-0.3, -0.25) is 4.79 Å². The number of rotatable bonds is 4. The van der Waals surface area contributed by atoms with Gasteiger partial charge in [-0.25, -0.2) is 13.1 Å². The molecule has 5 nitrogen and oxygen atoms in total. The number of halogens is 1. The summed E-state index contributed by atoms with van der Waals surface area (Å²) in [6, 6.07) is 9.36. The number of hydrogen-bond acceptors (Lipinski definition) is 3. The highest BCUT2D eigenvalue weighted by Gasteiger charge is 2.14. The molecule has 0 aliphatic carbocycles. The van der Waals surface area contributed by atoms with E-state index in [-0.39, 0.29) is 17.0 Å². The van der Waals surface area contributed by atoms with Gasteiger partial charge in [-0.15, -0.1) is 0 Å². The van der Waals surface area contributed by atoms with Crippen molar-refractivity contribution >= 4 is 21.6 Å². The second-order valence-corrected chi connectivity index (χ2v) is 5.98. The molecule has 1 heterocycles. The van der Waals surface area contributed by atoms with Crippen LogP contribution in [0.2, 0.25) is 5.02 Å². The Balaban J connectivity index is 2.17. The molecule has 0 amide bonds. The zero-order chi connectivity index (χ0) is 13.9. The number of aromatic nitrogens is 1. The van der Waals surface area contributed by atoms with Gasteiger partial charge >= 0.3 is 0 Å². The van der Waals surface area contributed by atoms with Crippen LogP contribution in [0.25, 0.3) is 0 Å². The Morgan fingerprint density at radius 1 is 1.16 bits per heavy atom. The van der Waals surface area contributed by atoms with Gasteiger partial charge in [-0.1, -0.05) is 29.8 Å². The standard InChI is InChI=1S/C12H11ClN2O3S/c13-11-4-2-1-3-9(11)7-15-19(17,18)10-5-6-12(16)14-8-10/h1-6,8,15H,7H2,(H,14,16). The molecule has 0 fully saturated rings. The van der Waals surface area contributed by atoms with Gasteiger partial charge in [-0.2, -0.15) is 0 Å². The monoisotopic (exact) mass is 298 g/mol. The third-order valence-electron chi connectivity index (χ3n) is 2.48. The summed E-state index contributed by atoms with van der Waals surface area (Å²) < 4.78 is 26.3. The second kappa shape index (κ2) is 5.56. The maximum absolute atomic E-state index is 12.0. The summed E-state index contributed by atoms with van der Waals surface area (Å²) in [4.78, 5) is 13.2. The summed E-state index contributed by atoms with van der Waals surface area (Å²) in [5.41, 5.74) is 0.322. The van der Waals surface area contributed by atoms with Crippen molar-refractivity contribution < 1.29 is 8.42 Å². The molecule has 0 spiro atoms. The van der Waals surface area contributed by atoms with Crippen molar-refractivity contribution in [2.45, 2.75) is 11.4 Å². The molecule has 0 bridgehead atoms. The first-order valence-corrected chi connectivity index (χ1v) is 7.27. The summed E-state index contributed by atoms with van der Waals surface area (Å²) in [6.45, 7) is 0.0845. The molecule has 100 valence electrons. The number of pyridine rings is 1. The van der Waals surface area contributed by atoms with Crippen LogP contribution in [0.15, 0.2) is 52.3 Å². The zero-order valence-corrected chi connectivity index (χ0v) is 11.3. The van der Waals surface area contributed by atoms with Gasteiger partial charge in [0.2, 0.25) is 15.6 Å². The first-order valence-electron chi connectivity index (χ1n) is 5.41. The Kier molecular flexibility index (Phi) is 4.04. The zero-order valence-electron chi connectivity index (χ0n) is 9.76. The van der Waals surface area contributed by atoms with Crippen molar-refractivity contribution in [1.29, 1.82) is 0 Å². The van der Waals surface area contributed by atoms with Gasteiger partial charge in [-0.05, 0) is 17.7 Å². The van der Waals surface area contributed by atoms with E-state index in [0.29, 0.717) is 10.6 Å². The van der Waals surface area contributed by atoms with Crippen LogP contribution in [0.1, 0.15) is 5.56 Å². The molecule has 2 N–H and O–H groups in total. The highest BCUT2D eigenvalue weighted by Crippen LogP contribution is 2.15. The smallest absolute Gasteiger partial charge is 0.247 e. The first kappa shape index (κ1) is 13.8. The molecule has 2 aromatic rings. The van der Waals surface area contributed by atoms with Crippen LogP contribution >= 0.6 is 11.6 Å². The second-order valence-electron chi connectivity index (χ2n) is 3.80. The molecule has 19 heavy (non-hydrogen) atoms. The van der Waals surface area contributed by atoms with Crippen molar-refractivity contribution in [2.24, 2.45) is 0 Å². The molecular formula is C12H11ClN2O3S. The fourth-order valence-electron chi connectivity index (χ4n) is 1.46. The average molecular weight is 299 g/mol. The fourth-order valence-corrected chi connectivity index (χ4v) is 2.64. The van der Waals surface area contributed by atoms with E-state index < -0.39 is 10.0 Å². The van der Waals surface area contributed by atoms with Gasteiger partial charge in [0.25, 0.3) is 0 Å². The SMILES string of the molecule is O=c1ccc(S(=O)(=O)NCc2ccccc2Cl)c[nH]1. The summed E-state index contributed by atoms with van der Waals surface area (Å²) in [7, 11) is -3.67. The van der Waals surface area contributed by atoms with Crippen LogP contribution in [-0.2, 0) is 16.6 Å². The van der Waals surface area contributed by atoms with E-state index in [2.05, 4.69) is 9.71 Å². The molecule has 1 aromatic carbocycles. The number of sulfonamides is 1. The molecule has 2 rings (SSSR count). The van der Waals surface area contributed by atoms with Crippen molar-refractivity contribution in [3.63, 3.8) is 0 Å². The Hall–Kier alpha value is -1.63. The molecule has 0 aliphatic rings. The molecule has 0 radical (unpaired) electrons. The van der Waals surface area contributed by atoms with E-state index in [1.54, 1.807) is 24.3 Å². The lowest BCUT2D eigenvalue weighted by atomic mass is 10.2. The van der Waals surface area contributed by atoms with E-state index in [1.165, 1.54) is 6.07 Å². The van der Waals surface area contributed by atoms with Gasteiger partial charge in [0.1, 0.15) is 0 Å². The van der Waals surface area contributed by atoms with Gasteiger partial charge in [0, 0.05) is 23.8 Å². The number of nitrogens with one attached hydrogen (secondary N) is 2. The molecule has 7 heteroatoms. The highest BCUT2D eigenvalue weighted by atomic mass is 35.5. The van der Waals surface area contributed by atoms with Crippen LogP contribution in [0.4, 0.5) is 0 Å². The van der Waals surface area contributed by atoms with Gasteiger partial charge < -0.3 is 4.98 Å². The first-order chi connectivity index (χ1) is 8.99. The molecule has 0 atom stereocenters. The number of H-pyrrole nitrogens is 1. The fraction of sp³-hybridized carbons (Fsp3) is 0.0833. The molecule has 0 aliphatic heterocycles. The lowest BCUT2D eigenvalue weighted by Crippen LogP contribution is -2.24. The van der Waals surface area contributed by atoms with Crippen molar-refractivity contribution in [2.75, 3.05) is 0 Å². The molecule has 0 unspecified atom stereocenters. The molecule has 0 saturated carbocycles. The number of hydrogen-bond donors (Lipinski definition) is 2. The molecule has 1 aromatic heterocycles. The summed E-state index contributed by atoms with van der Waals surface area (Å²) in [6.07, 6.45) is 1.15. The third kappa shape index (κ3) is 3.44.